The van der Waals surface area contributed by atoms with Crippen molar-refractivity contribution in [3.63, 3.8) is 0 Å². The van der Waals surface area contributed by atoms with Gasteiger partial charge >= 0.3 is 0 Å². The van der Waals surface area contributed by atoms with E-state index >= 15 is 0 Å². The van der Waals surface area contributed by atoms with Crippen molar-refractivity contribution in [1.82, 2.24) is 20.4 Å². The van der Waals surface area contributed by atoms with Crippen molar-refractivity contribution in [1.29, 1.82) is 0 Å². The topological polar surface area (TPSA) is 92.6 Å². The molecule has 1 aromatic carbocycles. The number of nitrogens with two attached hydrogens (primary N) is 1. The van der Waals surface area contributed by atoms with Gasteiger partial charge in [-0.15, -0.1) is 0 Å². The molecule has 1 aromatic heterocycles. The SMILES string of the molecule is CCN1CCCC1CN=C(N)NCCc1nc(-c2ccc(Cl)cc2)no1. The van der Waals surface area contributed by atoms with Crippen LogP contribution in [0.25, 0.3) is 11.4 Å². The Hall–Kier alpha value is -2.12. The fourth-order valence-corrected chi connectivity index (χ4v) is 3.27. The quantitative estimate of drug-likeness (QED) is 0.569. The normalized spacial score (nSPS) is 18.4. The number of hydrogen-bond acceptors (Lipinski definition) is 5. The number of guanidine groups is 1. The van der Waals surface area contributed by atoms with Crippen molar-refractivity contribution in [3.05, 3.63) is 35.2 Å². The molecule has 0 bridgehead atoms. The number of benzene rings is 1. The zero-order valence-corrected chi connectivity index (χ0v) is 15.7. The van der Waals surface area contributed by atoms with E-state index < -0.39 is 0 Å². The predicted molar refractivity (Wildman–Crippen MR) is 103 cm³/mol. The van der Waals surface area contributed by atoms with E-state index in [-0.39, 0.29) is 0 Å². The summed E-state index contributed by atoms with van der Waals surface area (Å²) in [7, 11) is 0. The Morgan fingerprint density at radius 2 is 2.23 bits per heavy atom. The largest absolute Gasteiger partial charge is 0.370 e. The molecule has 1 aliphatic rings. The molecule has 2 aromatic rings. The number of halogens is 1. The van der Waals surface area contributed by atoms with Gasteiger partial charge in [0.05, 0.1) is 6.54 Å². The minimum atomic E-state index is 0.463. The van der Waals surface area contributed by atoms with Gasteiger partial charge < -0.3 is 15.6 Å². The lowest BCUT2D eigenvalue weighted by molar-refractivity contribution is 0.273. The summed E-state index contributed by atoms with van der Waals surface area (Å²) in [5.41, 5.74) is 6.83. The highest BCUT2D eigenvalue weighted by Gasteiger charge is 2.22. The third-order valence-corrected chi connectivity index (χ3v) is 4.85. The van der Waals surface area contributed by atoms with E-state index in [0.717, 1.165) is 25.2 Å². The van der Waals surface area contributed by atoms with Gasteiger partial charge in [-0.1, -0.05) is 23.7 Å². The summed E-state index contributed by atoms with van der Waals surface area (Å²) in [6.45, 7) is 5.76. The highest BCUT2D eigenvalue weighted by molar-refractivity contribution is 6.30. The average Bonchev–Trinajstić information content (AvgIpc) is 3.29. The summed E-state index contributed by atoms with van der Waals surface area (Å²) in [6.07, 6.45) is 3.02. The van der Waals surface area contributed by atoms with Gasteiger partial charge in [0.25, 0.3) is 0 Å². The molecular formula is C18H25ClN6O. The van der Waals surface area contributed by atoms with Gasteiger partial charge in [-0.2, -0.15) is 4.98 Å². The van der Waals surface area contributed by atoms with Crippen molar-refractivity contribution in [2.75, 3.05) is 26.2 Å². The molecule has 1 fully saturated rings. The Bertz CT molecular complexity index is 730. The zero-order chi connectivity index (χ0) is 18.4. The predicted octanol–water partition coefficient (Wildman–Crippen LogP) is 2.32. The maximum absolute atomic E-state index is 5.95. The summed E-state index contributed by atoms with van der Waals surface area (Å²) in [4.78, 5) is 11.3. The molecule has 7 nitrogen and oxygen atoms in total. The lowest BCUT2D eigenvalue weighted by Crippen LogP contribution is -2.36. The van der Waals surface area contributed by atoms with Crippen LogP contribution in [-0.2, 0) is 6.42 Å². The first-order chi connectivity index (χ1) is 12.7. The molecule has 26 heavy (non-hydrogen) atoms. The van der Waals surface area contributed by atoms with Gasteiger partial charge in [0.2, 0.25) is 11.7 Å². The summed E-state index contributed by atoms with van der Waals surface area (Å²) in [5, 5.41) is 7.78. The maximum Gasteiger partial charge on any atom is 0.228 e. The molecule has 1 unspecified atom stereocenters. The van der Waals surface area contributed by atoms with Crippen LogP contribution in [0.1, 0.15) is 25.7 Å². The van der Waals surface area contributed by atoms with Crippen LogP contribution < -0.4 is 11.1 Å². The van der Waals surface area contributed by atoms with Crippen LogP contribution in [0.5, 0.6) is 0 Å². The van der Waals surface area contributed by atoms with Gasteiger partial charge in [-0.05, 0) is 50.2 Å². The van der Waals surface area contributed by atoms with Crippen LogP contribution in [0.3, 0.4) is 0 Å². The maximum atomic E-state index is 5.95. The van der Waals surface area contributed by atoms with E-state index in [0.29, 0.717) is 41.7 Å². The number of likely N-dealkylation sites (N-methyl/N-ethyl adjacent to an activating group) is 1. The van der Waals surface area contributed by atoms with Crippen LogP contribution >= 0.6 is 11.6 Å². The van der Waals surface area contributed by atoms with Gasteiger partial charge in [-0.3, -0.25) is 9.89 Å². The van der Waals surface area contributed by atoms with Crippen molar-refractivity contribution >= 4 is 17.6 Å². The number of likely N-dealkylation sites (tertiary alicyclic amines) is 1. The molecule has 1 aliphatic heterocycles. The number of rotatable bonds is 7. The molecule has 2 heterocycles. The molecule has 0 aliphatic carbocycles. The van der Waals surface area contributed by atoms with Gasteiger partial charge in [0, 0.05) is 29.6 Å². The minimum Gasteiger partial charge on any atom is -0.370 e. The molecule has 8 heteroatoms. The van der Waals surface area contributed by atoms with Crippen molar-refractivity contribution in [2.24, 2.45) is 10.7 Å². The average molecular weight is 377 g/mol. The zero-order valence-electron chi connectivity index (χ0n) is 15.0. The number of nitrogens with one attached hydrogen (secondary N) is 1. The first kappa shape index (κ1) is 18.7. The smallest absolute Gasteiger partial charge is 0.228 e. The van der Waals surface area contributed by atoms with E-state index in [2.05, 4.69) is 32.3 Å². The highest BCUT2D eigenvalue weighted by Crippen LogP contribution is 2.19. The number of aliphatic imine (C=N–C) groups is 1. The highest BCUT2D eigenvalue weighted by atomic mass is 35.5. The first-order valence-corrected chi connectivity index (χ1v) is 9.40. The van der Waals surface area contributed by atoms with Gasteiger partial charge in [0.15, 0.2) is 5.96 Å². The lowest BCUT2D eigenvalue weighted by atomic mass is 10.2. The summed E-state index contributed by atoms with van der Waals surface area (Å²) < 4.78 is 5.28. The van der Waals surface area contributed by atoms with Crippen molar-refractivity contribution in [2.45, 2.75) is 32.2 Å². The Morgan fingerprint density at radius 3 is 3.00 bits per heavy atom. The van der Waals surface area contributed by atoms with Crippen LogP contribution in [-0.4, -0.2) is 53.2 Å². The minimum absolute atomic E-state index is 0.463. The van der Waals surface area contributed by atoms with Gasteiger partial charge in [-0.25, -0.2) is 0 Å². The van der Waals surface area contributed by atoms with Crippen LogP contribution in [0.15, 0.2) is 33.8 Å². The van der Waals surface area contributed by atoms with Gasteiger partial charge in [0.1, 0.15) is 0 Å². The lowest BCUT2D eigenvalue weighted by Gasteiger charge is -2.20. The molecule has 3 N–H and O–H groups in total. The Morgan fingerprint density at radius 1 is 1.42 bits per heavy atom. The number of nitrogens with zero attached hydrogens (tertiary/aromatic N) is 4. The third kappa shape index (κ3) is 4.95. The second kappa shape index (κ2) is 9.00. The third-order valence-electron chi connectivity index (χ3n) is 4.59. The Balaban J connectivity index is 1.44. The van der Waals surface area contributed by atoms with Crippen LogP contribution in [0.4, 0.5) is 0 Å². The van der Waals surface area contributed by atoms with E-state index in [1.165, 1.54) is 12.8 Å². The monoisotopic (exact) mass is 376 g/mol. The molecular weight excluding hydrogens is 352 g/mol. The molecule has 0 saturated carbocycles. The Kier molecular flexibility index (Phi) is 6.46. The fraction of sp³-hybridized carbons (Fsp3) is 0.500. The summed E-state index contributed by atoms with van der Waals surface area (Å²) in [5.74, 6) is 1.58. The fourth-order valence-electron chi connectivity index (χ4n) is 3.15. The first-order valence-electron chi connectivity index (χ1n) is 9.02. The van der Waals surface area contributed by atoms with Crippen molar-refractivity contribution < 1.29 is 4.52 Å². The molecule has 0 spiro atoms. The second-order valence-corrected chi connectivity index (χ2v) is 6.78. The molecule has 0 radical (unpaired) electrons. The molecule has 0 amide bonds. The number of aromatic nitrogens is 2. The number of hydrogen-bond donors (Lipinski definition) is 2. The molecule has 1 saturated heterocycles. The van der Waals surface area contributed by atoms with Crippen LogP contribution in [0, 0.1) is 0 Å². The molecule has 3 rings (SSSR count). The standard InChI is InChI=1S/C18H25ClN6O/c1-2-25-11-3-4-15(25)12-22-18(20)21-10-9-16-23-17(24-26-16)13-5-7-14(19)8-6-13/h5-8,15H,2-4,9-12H2,1H3,(H3,20,21,22). The summed E-state index contributed by atoms with van der Waals surface area (Å²) in [6, 6.07) is 7.84. The summed E-state index contributed by atoms with van der Waals surface area (Å²) >= 11 is 5.89. The Labute approximate surface area is 158 Å². The van der Waals surface area contributed by atoms with E-state index in [9.17, 15) is 0 Å². The van der Waals surface area contributed by atoms with E-state index in [1.807, 2.05) is 12.1 Å². The van der Waals surface area contributed by atoms with E-state index in [1.54, 1.807) is 12.1 Å². The van der Waals surface area contributed by atoms with Crippen LogP contribution in [0.2, 0.25) is 5.02 Å². The second-order valence-electron chi connectivity index (χ2n) is 6.35. The van der Waals surface area contributed by atoms with E-state index in [4.69, 9.17) is 21.9 Å². The molecule has 140 valence electrons. The molecule has 1 atom stereocenters. The van der Waals surface area contributed by atoms with Crippen molar-refractivity contribution in [3.8, 4) is 11.4 Å².